The summed E-state index contributed by atoms with van der Waals surface area (Å²) in [5, 5.41) is 18.4. The molecule has 0 spiro atoms. The molecule has 2 heterocycles. The number of hydrogen-bond donors (Lipinski definition) is 3. The van der Waals surface area contributed by atoms with Crippen LogP contribution in [0.4, 0.5) is 0 Å². The fraction of sp³-hybridized carbons (Fsp3) is 0.579. The lowest BCUT2D eigenvalue weighted by molar-refractivity contribution is -0.127. The van der Waals surface area contributed by atoms with E-state index in [-0.39, 0.29) is 36.5 Å². The van der Waals surface area contributed by atoms with Gasteiger partial charge in [-0.15, -0.1) is 0 Å². The molecule has 11 nitrogen and oxygen atoms in total. The van der Waals surface area contributed by atoms with Crippen molar-refractivity contribution in [2.45, 2.75) is 89.9 Å². The number of pyridine rings is 1. The number of aliphatic hydroxyl groups excluding tert-OH is 1. The molecule has 3 fully saturated rings. The van der Waals surface area contributed by atoms with E-state index in [1.54, 1.807) is 7.11 Å². The van der Waals surface area contributed by atoms with Crippen LogP contribution in [0.1, 0.15) is 74.7 Å². The Morgan fingerprint density at radius 2 is 1.96 bits per heavy atom. The number of rotatable bonds is 17. The number of aryl methyl sites for hydroxylation is 3. The number of benzene rings is 1. The molecule has 2 aromatic heterocycles. The predicted molar refractivity (Wildman–Crippen MR) is 196 cm³/mol. The third-order valence-corrected chi connectivity index (χ3v) is 11.5. The van der Waals surface area contributed by atoms with Crippen LogP contribution in [0.3, 0.4) is 0 Å². The first-order valence-corrected chi connectivity index (χ1v) is 18.9. The van der Waals surface area contributed by atoms with E-state index in [4.69, 9.17) is 14.5 Å². The summed E-state index contributed by atoms with van der Waals surface area (Å²) < 4.78 is 17.2. The first-order chi connectivity index (χ1) is 24.1. The summed E-state index contributed by atoms with van der Waals surface area (Å²) in [6, 6.07) is 7.88. The van der Waals surface area contributed by atoms with Crippen molar-refractivity contribution in [1.82, 2.24) is 29.7 Å². The van der Waals surface area contributed by atoms with Crippen LogP contribution in [0, 0.1) is 38.0 Å². The summed E-state index contributed by atoms with van der Waals surface area (Å²) in [6.07, 6.45) is 12.3. The van der Waals surface area contributed by atoms with Gasteiger partial charge in [-0.05, 0) is 128 Å². The lowest BCUT2D eigenvalue weighted by Crippen LogP contribution is -2.41. The number of ether oxygens (including phenoxy) is 2. The molecule has 0 aliphatic heterocycles. The highest BCUT2D eigenvalue weighted by atomic mass is 32.2. The molecule has 12 heteroatoms. The highest BCUT2D eigenvalue weighted by molar-refractivity contribution is 7.98. The number of carbonyl (C=O) groups excluding carboxylic acids is 2. The van der Waals surface area contributed by atoms with E-state index in [1.165, 1.54) is 11.9 Å². The van der Waals surface area contributed by atoms with Gasteiger partial charge in [-0.2, -0.15) is 5.10 Å². The Bertz CT molecular complexity index is 1720. The second-order valence-corrected chi connectivity index (χ2v) is 15.5. The summed E-state index contributed by atoms with van der Waals surface area (Å²) >= 11 is 1.53. The number of carbonyl (C=O) groups is 2. The van der Waals surface area contributed by atoms with Gasteiger partial charge >= 0.3 is 0 Å². The number of nitrogens with one attached hydrogen (secondary N) is 2. The predicted octanol–water partition coefficient (Wildman–Crippen LogP) is 5.56. The number of aromatic nitrogens is 3. The van der Waals surface area contributed by atoms with Crippen LogP contribution < -0.4 is 19.5 Å². The highest BCUT2D eigenvalue weighted by Crippen LogP contribution is 2.54. The van der Waals surface area contributed by atoms with Crippen molar-refractivity contribution in [3.05, 3.63) is 53.4 Å². The molecule has 0 saturated heterocycles. The monoisotopic (exact) mass is 704 g/mol. The minimum absolute atomic E-state index is 0.00995. The molecule has 3 aliphatic rings. The van der Waals surface area contributed by atoms with Gasteiger partial charge in [0, 0.05) is 40.4 Å². The Morgan fingerprint density at radius 3 is 2.68 bits per heavy atom. The van der Waals surface area contributed by atoms with Crippen molar-refractivity contribution in [3.63, 3.8) is 0 Å². The van der Waals surface area contributed by atoms with E-state index in [1.807, 2.05) is 61.7 Å². The van der Waals surface area contributed by atoms with Crippen LogP contribution in [-0.2, 0) is 9.59 Å². The molecular weight excluding hydrogens is 653 g/mol. The average Bonchev–Trinajstić information content (AvgIpc) is 3.99. The second-order valence-electron chi connectivity index (χ2n) is 14.4. The van der Waals surface area contributed by atoms with Crippen LogP contribution in [-0.4, -0.2) is 81.9 Å². The van der Waals surface area contributed by atoms with Gasteiger partial charge in [-0.1, -0.05) is 12.2 Å². The number of unbranched alkanes of at least 4 members (excludes halogenated alkanes) is 2. The van der Waals surface area contributed by atoms with Crippen molar-refractivity contribution < 1.29 is 24.2 Å². The number of fused-ring (bicyclic) bond motifs is 1. The Balaban J connectivity index is 1.09. The molecule has 3 saturated carbocycles. The number of aliphatic hydroxyl groups is 1. The Kier molecular flexibility index (Phi) is 11.4. The smallest absolute Gasteiger partial charge is 0.238 e. The second kappa shape index (κ2) is 15.7. The molecular formula is C38H52N6O5S. The average molecular weight is 705 g/mol. The molecule has 270 valence electrons. The molecule has 50 heavy (non-hydrogen) atoms. The van der Waals surface area contributed by atoms with Crippen molar-refractivity contribution in [3.8, 4) is 17.3 Å². The van der Waals surface area contributed by atoms with Crippen LogP contribution in [0.15, 0.2) is 36.4 Å². The quantitative estimate of drug-likeness (QED) is 0.0716. The lowest BCUT2D eigenvalue weighted by Gasteiger charge is -2.20. The van der Waals surface area contributed by atoms with Gasteiger partial charge in [0.1, 0.15) is 11.5 Å². The molecule has 1 aromatic carbocycles. The van der Waals surface area contributed by atoms with Crippen molar-refractivity contribution in [2.24, 2.45) is 17.3 Å². The van der Waals surface area contributed by atoms with Crippen LogP contribution in [0.5, 0.6) is 11.5 Å². The normalized spacial score (nSPS) is 23.1. The maximum Gasteiger partial charge on any atom is 0.238 e. The highest BCUT2D eigenvalue weighted by Gasteiger charge is 2.59. The molecule has 0 radical (unpaired) electrons. The van der Waals surface area contributed by atoms with Gasteiger partial charge in [0.25, 0.3) is 0 Å². The summed E-state index contributed by atoms with van der Waals surface area (Å²) in [5.74, 6) is 2.09. The Hall–Kier alpha value is -3.61. The number of methoxy groups -OCH3 is 1. The standard InChI is InChI=1S/C38H52N6O5S/c1-24-18-25(2)44(41-24)34-20-33(31-15-16-32(48-5)26(3)35(31)40-34)49-29-12-11-27(19-29)36(46)39-22-38(37(47)42-50-30-13-14-30)21-28(38)10-8-6-7-9-17-43(4)23-45/h8,10,15-16,18,20,27-30,45H,6-7,9,11-14,17,19,21-23H2,1-5H3,(H,39,46)(H,42,47)/b10-8-/t27-,28+,29-,38?/m0/s1. The summed E-state index contributed by atoms with van der Waals surface area (Å²) in [7, 11) is 3.56. The van der Waals surface area contributed by atoms with Gasteiger partial charge in [-0.25, -0.2) is 9.67 Å². The maximum atomic E-state index is 13.6. The zero-order valence-corrected chi connectivity index (χ0v) is 30.9. The van der Waals surface area contributed by atoms with Crippen molar-refractivity contribution >= 4 is 34.7 Å². The molecule has 0 bridgehead atoms. The zero-order valence-electron chi connectivity index (χ0n) is 30.0. The maximum absolute atomic E-state index is 13.6. The van der Waals surface area contributed by atoms with Crippen LogP contribution in [0.2, 0.25) is 0 Å². The summed E-state index contributed by atoms with van der Waals surface area (Å²) in [6.45, 7) is 7.23. The fourth-order valence-electron chi connectivity index (χ4n) is 7.04. The van der Waals surface area contributed by atoms with E-state index in [0.717, 1.165) is 91.5 Å². The minimum Gasteiger partial charge on any atom is -0.496 e. The van der Waals surface area contributed by atoms with Gasteiger partial charge in [0.05, 0.1) is 36.6 Å². The topological polar surface area (TPSA) is 131 Å². The third kappa shape index (κ3) is 8.29. The molecule has 6 rings (SSSR count). The van der Waals surface area contributed by atoms with E-state index < -0.39 is 5.41 Å². The van der Waals surface area contributed by atoms with E-state index >= 15 is 0 Å². The molecule has 1 unspecified atom stereocenters. The molecule has 3 aromatic rings. The van der Waals surface area contributed by atoms with Crippen LogP contribution in [0.25, 0.3) is 16.7 Å². The fourth-order valence-corrected chi connectivity index (χ4v) is 7.89. The number of nitrogens with zero attached hydrogens (tertiary/aromatic N) is 4. The molecule has 3 N–H and O–H groups in total. The lowest BCUT2D eigenvalue weighted by atomic mass is 10.0. The first-order valence-electron chi connectivity index (χ1n) is 18.0. The van der Waals surface area contributed by atoms with Gasteiger partial charge in [0.2, 0.25) is 11.8 Å². The summed E-state index contributed by atoms with van der Waals surface area (Å²) in [5.41, 5.74) is 3.00. The van der Waals surface area contributed by atoms with Crippen molar-refractivity contribution in [2.75, 3.05) is 34.0 Å². The summed E-state index contributed by atoms with van der Waals surface area (Å²) in [4.78, 5) is 33.9. The number of amides is 2. The number of hydrogen-bond acceptors (Lipinski definition) is 9. The Morgan fingerprint density at radius 1 is 1.14 bits per heavy atom. The van der Waals surface area contributed by atoms with E-state index in [2.05, 4.69) is 27.3 Å². The van der Waals surface area contributed by atoms with Gasteiger partial charge < -0.3 is 19.9 Å². The molecule has 3 aliphatic carbocycles. The minimum atomic E-state index is -0.603. The molecule has 4 atom stereocenters. The molecule has 2 amide bonds. The third-order valence-electron chi connectivity index (χ3n) is 10.4. The van der Waals surface area contributed by atoms with E-state index in [9.17, 15) is 14.7 Å². The zero-order chi connectivity index (χ0) is 35.4. The SMILES string of the molecule is COc1ccc2c(O[C@H]3CC[C@H](C(=O)NCC4(C(=O)NSC5CC5)C[C@H]4/C=C\CCCCN(C)CO)C3)cc(-n3nc(C)cc3C)nc2c1C. The van der Waals surface area contributed by atoms with Crippen molar-refractivity contribution in [1.29, 1.82) is 0 Å². The largest absolute Gasteiger partial charge is 0.496 e. The first kappa shape index (κ1) is 36.2. The van der Waals surface area contributed by atoms with E-state index in [0.29, 0.717) is 29.8 Å². The van der Waals surface area contributed by atoms with Gasteiger partial charge in [0.15, 0.2) is 5.82 Å². The van der Waals surface area contributed by atoms with Crippen LogP contribution >= 0.6 is 11.9 Å². The van der Waals surface area contributed by atoms with Gasteiger partial charge in [-0.3, -0.25) is 19.2 Å². The number of allylic oxidation sites excluding steroid dienone is 2. The Labute approximate surface area is 299 Å².